The van der Waals surface area contributed by atoms with E-state index in [1.165, 1.54) is 38.5 Å². The highest BCUT2D eigenvalue weighted by molar-refractivity contribution is 6.31. The Hall–Kier alpha value is -1.42. The van der Waals surface area contributed by atoms with Crippen LogP contribution in [-0.2, 0) is 0 Å². The van der Waals surface area contributed by atoms with Crippen LogP contribution in [0.1, 0.15) is 44.1 Å². The van der Waals surface area contributed by atoms with Crippen LogP contribution in [-0.4, -0.2) is 23.6 Å². The topological polar surface area (TPSA) is 61.9 Å². The van der Waals surface area contributed by atoms with Crippen molar-refractivity contribution in [2.75, 3.05) is 11.4 Å². The van der Waals surface area contributed by atoms with Crippen molar-refractivity contribution in [1.29, 1.82) is 0 Å². The van der Waals surface area contributed by atoms with Gasteiger partial charge in [0, 0.05) is 28.9 Å². The van der Waals surface area contributed by atoms with Crippen LogP contribution in [0.2, 0.25) is 5.02 Å². The van der Waals surface area contributed by atoms with E-state index in [1.54, 1.807) is 6.07 Å². The summed E-state index contributed by atoms with van der Waals surface area (Å²) < 4.78 is 0. The number of hydrogen-bond acceptors (Lipinski definition) is 3. The number of halogens is 1. The van der Waals surface area contributed by atoms with Gasteiger partial charge in [0.05, 0.1) is 0 Å². The van der Waals surface area contributed by atoms with Gasteiger partial charge in [0.15, 0.2) is 5.84 Å². The highest BCUT2D eigenvalue weighted by Crippen LogP contribution is 2.39. The molecule has 1 saturated carbocycles. The van der Waals surface area contributed by atoms with E-state index in [4.69, 9.17) is 22.5 Å². The number of hydrogen-bond donors (Lipinski definition) is 2. The number of rotatable bonds is 2. The molecule has 2 unspecified atom stereocenters. The van der Waals surface area contributed by atoms with Crippen molar-refractivity contribution in [1.82, 2.24) is 0 Å². The summed E-state index contributed by atoms with van der Waals surface area (Å²) in [5.41, 5.74) is 7.63. The van der Waals surface area contributed by atoms with Gasteiger partial charge in [0.25, 0.3) is 0 Å². The predicted octanol–water partition coefficient (Wildman–Crippen LogP) is 3.59. The molecule has 2 atom stereocenters. The molecule has 1 saturated heterocycles. The third-order valence-electron chi connectivity index (χ3n) is 4.90. The Balaban J connectivity index is 1.99. The van der Waals surface area contributed by atoms with E-state index in [2.05, 4.69) is 10.1 Å². The molecule has 1 aromatic carbocycles. The summed E-state index contributed by atoms with van der Waals surface area (Å²) in [7, 11) is 0. The van der Waals surface area contributed by atoms with Crippen LogP contribution in [0, 0.1) is 5.92 Å². The minimum absolute atomic E-state index is 0.152. The molecular weight excluding hydrogens is 286 g/mol. The summed E-state index contributed by atoms with van der Waals surface area (Å²) >= 11 is 6.19. The van der Waals surface area contributed by atoms with E-state index in [0.717, 1.165) is 23.7 Å². The second-order valence-electron chi connectivity index (χ2n) is 6.09. The lowest BCUT2D eigenvalue weighted by Crippen LogP contribution is -2.47. The standard InChI is InChI=1S/C16H22ClN3O/c17-12-7-8-13(16(18)19-21)15(10-12)20-9-3-5-11-4-1-2-6-14(11)20/h7-8,10-11,14,21H,1-6,9H2,(H2,18,19). The fourth-order valence-corrected chi connectivity index (χ4v) is 4.10. The molecule has 0 aromatic heterocycles. The van der Waals surface area contributed by atoms with Crippen molar-refractivity contribution >= 4 is 23.1 Å². The van der Waals surface area contributed by atoms with Crippen molar-refractivity contribution in [3.05, 3.63) is 28.8 Å². The Morgan fingerprint density at radius 1 is 1.24 bits per heavy atom. The molecule has 1 aromatic rings. The summed E-state index contributed by atoms with van der Waals surface area (Å²) in [6.45, 7) is 1.02. The minimum Gasteiger partial charge on any atom is -0.409 e. The predicted molar refractivity (Wildman–Crippen MR) is 86.3 cm³/mol. The Kier molecular flexibility index (Phi) is 4.24. The van der Waals surface area contributed by atoms with Gasteiger partial charge in [-0.05, 0) is 49.8 Å². The summed E-state index contributed by atoms with van der Waals surface area (Å²) in [5, 5.41) is 12.9. The SMILES string of the molecule is NC(=NO)c1ccc(Cl)cc1N1CCCC2CCCCC21. The highest BCUT2D eigenvalue weighted by atomic mass is 35.5. The van der Waals surface area contributed by atoms with E-state index in [1.807, 2.05) is 12.1 Å². The minimum atomic E-state index is 0.152. The number of nitrogens with two attached hydrogens (primary N) is 1. The molecule has 0 spiro atoms. The van der Waals surface area contributed by atoms with Crippen LogP contribution in [0.5, 0.6) is 0 Å². The quantitative estimate of drug-likeness (QED) is 0.380. The molecule has 3 N–H and O–H groups in total. The molecule has 21 heavy (non-hydrogen) atoms. The van der Waals surface area contributed by atoms with E-state index < -0.39 is 0 Å². The maximum Gasteiger partial charge on any atom is 0.172 e. The van der Waals surface area contributed by atoms with Crippen LogP contribution in [0.25, 0.3) is 0 Å². The monoisotopic (exact) mass is 307 g/mol. The molecule has 2 aliphatic rings. The molecule has 1 aliphatic carbocycles. The number of benzene rings is 1. The van der Waals surface area contributed by atoms with Crippen LogP contribution in [0.3, 0.4) is 0 Å². The second kappa shape index (κ2) is 6.14. The maximum absolute atomic E-state index is 9.02. The van der Waals surface area contributed by atoms with Crippen molar-refractivity contribution < 1.29 is 5.21 Å². The summed E-state index contributed by atoms with van der Waals surface area (Å²) in [5.74, 6) is 0.922. The second-order valence-corrected chi connectivity index (χ2v) is 6.53. The van der Waals surface area contributed by atoms with Gasteiger partial charge in [-0.2, -0.15) is 0 Å². The highest BCUT2D eigenvalue weighted by Gasteiger charge is 2.34. The van der Waals surface area contributed by atoms with Crippen molar-refractivity contribution in [3.8, 4) is 0 Å². The Morgan fingerprint density at radius 2 is 2.00 bits per heavy atom. The number of piperidine rings is 1. The van der Waals surface area contributed by atoms with Crippen LogP contribution >= 0.6 is 11.6 Å². The first-order valence-corrected chi connectivity index (χ1v) is 8.12. The number of anilines is 1. The van der Waals surface area contributed by atoms with Gasteiger partial charge < -0.3 is 15.8 Å². The van der Waals surface area contributed by atoms with Crippen molar-refractivity contribution in [3.63, 3.8) is 0 Å². The third kappa shape index (κ3) is 2.82. The van der Waals surface area contributed by atoms with Gasteiger partial charge in [-0.25, -0.2) is 0 Å². The Labute approximate surface area is 130 Å². The fourth-order valence-electron chi connectivity index (χ4n) is 3.94. The molecule has 1 heterocycles. The van der Waals surface area contributed by atoms with Crippen LogP contribution in [0.4, 0.5) is 5.69 Å². The average Bonchev–Trinajstić information content (AvgIpc) is 2.53. The molecular formula is C16H22ClN3O. The smallest absolute Gasteiger partial charge is 0.172 e. The van der Waals surface area contributed by atoms with Crippen molar-refractivity contribution in [2.24, 2.45) is 16.8 Å². The lowest BCUT2D eigenvalue weighted by molar-refractivity contribution is 0.244. The first-order valence-electron chi connectivity index (χ1n) is 7.75. The lowest BCUT2D eigenvalue weighted by Gasteiger charge is -2.46. The first-order chi connectivity index (χ1) is 10.2. The van der Waals surface area contributed by atoms with Crippen LogP contribution in [0.15, 0.2) is 23.4 Å². The van der Waals surface area contributed by atoms with Crippen molar-refractivity contribution in [2.45, 2.75) is 44.6 Å². The van der Waals surface area contributed by atoms with E-state index in [-0.39, 0.29) is 5.84 Å². The Bertz CT molecular complexity index is 544. The molecule has 1 aliphatic heterocycles. The van der Waals surface area contributed by atoms with E-state index in [9.17, 15) is 0 Å². The zero-order chi connectivity index (χ0) is 14.8. The van der Waals surface area contributed by atoms with E-state index in [0.29, 0.717) is 11.1 Å². The lowest BCUT2D eigenvalue weighted by atomic mass is 9.78. The first kappa shape index (κ1) is 14.5. The molecule has 4 nitrogen and oxygen atoms in total. The normalized spacial score (nSPS) is 26.5. The molecule has 2 fully saturated rings. The molecule has 114 valence electrons. The fraction of sp³-hybridized carbons (Fsp3) is 0.562. The van der Waals surface area contributed by atoms with Gasteiger partial charge in [-0.1, -0.05) is 29.6 Å². The number of oxime groups is 1. The largest absolute Gasteiger partial charge is 0.409 e. The van der Waals surface area contributed by atoms with Gasteiger partial charge >= 0.3 is 0 Å². The molecule has 0 amide bonds. The maximum atomic E-state index is 9.02. The zero-order valence-electron chi connectivity index (χ0n) is 12.1. The molecule has 0 radical (unpaired) electrons. The molecule has 3 rings (SSSR count). The zero-order valence-corrected chi connectivity index (χ0v) is 12.9. The van der Waals surface area contributed by atoms with Gasteiger partial charge in [0.2, 0.25) is 0 Å². The number of amidine groups is 1. The average molecular weight is 308 g/mol. The van der Waals surface area contributed by atoms with Crippen LogP contribution < -0.4 is 10.6 Å². The third-order valence-corrected chi connectivity index (χ3v) is 5.13. The summed E-state index contributed by atoms with van der Waals surface area (Å²) in [6.07, 6.45) is 7.70. The van der Waals surface area contributed by atoms with Gasteiger partial charge in [-0.3, -0.25) is 0 Å². The summed E-state index contributed by atoms with van der Waals surface area (Å²) in [6, 6.07) is 6.16. The van der Waals surface area contributed by atoms with Gasteiger partial charge in [-0.15, -0.1) is 0 Å². The Morgan fingerprint density at radius 3 is 2.81 bits per heavy atom. The molecule has 0 bridgehead atoms. The van der Waals surface area contributed by atoms with Gasteiger partial charge in [0.1, 0.15) is 0 Å². The summed E-state index contributed by atoms with van der Waals surface area (Å²) in [4.78, 5) is 2.44. The number of fused-ring (bicyclic) bond motifs is 1. The van der Waals surface area contributed by atoms with E-state index >= 15 is 0 Å². The number of nitrogens with zero attached hydrogens (tertiary/aromatic N) is 2. The molecule has 5 heteroatoms.